The molecule has 0 atom stereocenters. The second-order valence-electron chi connectivity index (χ2n) is 6.99. The van der Waals surface area contributed by atoms with Crippen LogP contribution in [-0.2, 0) is 9.53 Å². The average molecular weight is 445 g/mol. The van der Waals surface area contributed by atoms with Crippen molar-refractivity contribution in [2.24, 2.45) is 4.99 Å². The number of ether oxygens (including phenoxy) is 2. The molecular formula is C23H15N3O7. The summed E-state index contributed by atoms with van der Waals surface area (Å²) in [6.45, 7) is 1.88. The van der Waals surface area contributed by atoms with Crippen LogP contribution in [0.15, 0.2) is 77.4 Å². The Morgan fingerprint density at radius 2 is 1.76 bits per heavy atom. The number of nitro groups is 2. The number of nitrogens with zero attached hydrogens (tertiary/aromatic N) is 3. The molecule has 4 rings (SSSR count). The number of carbonyl (C=O) groups excluding carboxylic acids is 1. The lowest BCUT2D eigenvalue weighted by molar-refractivity contribution is -0.394. The smallest absolute Gasteiger partial charge is 0.363 e. The number of esters is 1. The van der Waals surface area contributed by atoms with Crippen molar-refractivity contribution in [3.8, 4) is 11.5 Å². The third-order valence-electron chi connectivity index (χ3n) is 4.74. The molecule has 0 N–H and O–H groups in total. The second-order valence-corrected chi connectivity index (χ2v) is 6.99. The van der Waals surface area contributed by atoms with Gasteiger partial charge in [-0.2, -0.15) is 0 Å². The van der Waals surface area contributed by atoms with Crippen LogP contribution in [0, 0.1) is 27.2 Å². The van der Waals surface area contributed by atoms with Crippen molar-refractivity contribution in [3.05, 3.63) is 109 Å². The highest BCUT2D eigenvalue weighted by molar-refractivity contribution is 6.13. The molecule has 1 aliphatic heterocycles. The molecule has 3 aromatic rings. The van der Waals surface area contributed by atoms with E-state index in [1.807, 2.05) is 25.1 Å². The topological polar surface area (TPSA) is 134 Å². The third-order valence-corrected chi connectivity index (χ3v) is 4.74. The van der Waals surface area contributed by atoms with E-state index in [0.717, 1.165) is 23.8 Å². The van der Waals surface area contributed by atoms with Gasteiger partial charge in [-0.15, -0.1) is 0 Å². The summed E-state index contributed by atoms with van der Waals surface area (Å²) >= 11 is 0. The molecule has 164 valence electrons. The summed E-state index contributed by atoms with van der Waals surface area (Å²) in [6, 6.07) is 16.9. The van der Waals surface area contributed by atoms with Crippen LogP contribution in [0.1, 0.15) is 16.7 Å². The van der Waals surface area contributed by atoms with E-state index in [1.54, 1.807) is 30.3 Å². The molecular weight excluding hydrogens is 430 g/mol. The minimum Gasteiger partial charge on any atom is -0.450 e. The number of nitro benzene ring substituents is 2. The molecule has 1 aliphatic rings. The van der Waals surface area contributed by atoms with Gasteiger partial charge in [-0.1, -0.05) is 30.3 Å². The second kappa shape index (κ2) is 8.71. The Hall–Kier alpha value is -4.86. The maximum atomic E-state index is 12.3. The quantitative estimate of drug-likeness (QED) is 0.227. The van der Waals surface area contributed by atoms with E-state index < -0.39 is 27.2 Å². The zero-order valence-corrected chi connectivity index (χ0v) is 17.1. The molecule has 0 unspecified atom stereocenters. The van der Waals surface area contributed by atoms with Gasteiger partial charge in [0.1, 0.15) is 5.75 Å². The van der Waals surface area contributed by atoms with Crippen LogP contribution in [0.3, 0.4) is 0 Å². The number of non-ortho nitro benzene ring substituents is 1. The fourth-order valence-electron chi connectivity index (χ4n) is 3.14. The van der Waals surface area contributed by atoms with Gasteiger partial charge in [-0.05, 0) is 48.4 Å². The van der Waals surface area contributed by atoms with E-state index in [9.17, 15) is 25.0 Å². The fraction of sp³-hybridized carbons (Fsp3) is 0.0435. The molecule has 10 nitrogen and oxygen atoms in total. The number of aryl methyl sites for hydroxylation is 1. The first-order chi connectivity index (χ1) is 15.8. The van der Waals surface area contributed by atoms with Gasteiger partial charge in [-0.25, -0.2) is 9.79 Å². The Labute approximate surface area is 186 Å². The SMILES string of the molecule is Cc1ccccc1C1=N/C(=C/c2cccc(Oc3ccc([N+](=O)[O-])cc3[N+](=O)[O-])c2)C(=O)O1. The van der Waals surface area contributed by atoms with Crippen LogP contribution in [0.25, 0.3) is 6.08 Å². The van der Waals surface area contributed by atoms with Crippen molar-refractivity contribution in [2.45, 2.75) is 6.92 Å². The maximum absolute atomic E-state index is 12.3. The van der Waals surface area contributed by atoms with Gasteiger partial charge >= 0.3 is 11.7 Å². The van der Waals surface area contributed by atoms with Crippen molar-refractivity contribution in [2.75, 3.05) is 0 Å². The first kappa shape index (κ1) is 21.4. The van der Waals surface area contributed by atoms with E-state index >= 15 is 0 Å². The summed E-state index contributed by atoms with van der Waals surface area (Å²) in [7, 11) is 0. The van der Waals surface area contributed by atoms with Gasteiger partial charge in [0.15, 0.2) is 5.70 Å². The van der Waals surface area contributed by atoms with Crippen LogP contribution in [0.4, 0.5) is 11.4 Å². The Balaban J connectivity index is 1.62. The zero-order valence-electron chi connectivity index (χ0n) is 17.1. The number of benzene rings is 3. The standard InChI is InChI=1S/C23H15N3O7/c1-14-5-2-3-8-18(14)22-24-19(23(27)33-22)12-15-6-4-7-17(11-15)32-21-10-9-16(25(28)29)13-20(21)26(30)31/h2-13H,1H3/b19-12+. The number of aliphatic imine (C=N–C) groups is 1. The monoisotopic (exact) mass is 445 g/mol. The molecule has 0 saturated carbocycles. The van der Waals surface area contributed by atoms with Gasteiger partial charge in [0.2, 0.25) is 11.6 Å². The third kappa shape index (κ3) is 4.59. The van der Waals surface area contributed by atoms with Crippen LogP contribution in [0.2, 0.25) is 0 Å². The van der Waals surface area contributed by atoms with Gasteiger partial charge in [0, 0.05) is 11.6 Å². The molecule has 33 heavy (non-hydrogen) atoms. The highest BCUT2D eigenvalue weighted by Gasteiger charge is 2.25. The van der Waals surface area contributed by atoms with Crippen molar-refractivity contribution >= 4 is 29.3 Å². The van der Waals surface area contributed by atoms with Crippen LogP contribution in [0.5, 0.6) is 11.5 Å². The molecule has 0 bridgehead atoms. The van der Waals surface area contributed by atoms with Gasteiger partial charge in [0.25, 0.3) is 5.69 Å². The van der Waals surface area contributed by atoms with Crippen LogP contribution >= 0.6 is 0 Å². The average Bonchev–Trinajstić information content (AvgIpc) is 3.14. The minimum absolute atomic E-state index is 0.0896. The molecule has 0 amide bonds. The van der Waals surface area contributed by atoms with E-state index in [2.05, 4.69) is 4.99 Å². The van der Waals surface area contributed by atoms with Crippen LogP contribution < -0.4 is 4.74 Å². The highest BCUT2D eigenvalue weighted by atomic mass is 16.6. The fourth-order valence-corrected chi connectivity index (χ4v) is 3.14. The number of cyclic esters (lactones) is 1. The number of hydrogen-bond donors (Lipinski definition) is 0. The van der Waals surface area contributed by atoms with E-state index in [-0.39, 0.29) is 23.1 Å². The lowest BCUT2D eigenvalue weighted by Crippen LogP contribution is -2.06. The largest absolute Gasteiger partial charge is 0.450 e. The highest BCUT2D eigenvalue weighted by Crippen LogP contribution is 2.34. The summed E-state index contributed by atoms with van der Waals surface area (Å²) in [4.78, 5) is 37.3. The molecule has 0 aliphatic carbocycles. The van der Waals surface area contributed by atoms with E-state index in [0.29, 0.717) is 11.1 Å². The molecule has 3 aromatic carbocycles. The predicted octanol–water partition coefficient (Wildman–Crippen LogP) is 4.95. The number of hydrogen-bond acceptors (Lipinski definition) is 8. The zero-order chi connectivity index (χ0) is 23.5. The Morgan fingerprint density at radius 1 is 0.970 bits per heavy atom. The summed E-state index contributed by atoms with van der Waals surface area (Å²) in [5.41, 5.74) is 1.28. The first-order valence-corrected chi connectivity index (χ1v) is 9.61. The van der Waals surface area contributed by atoms with Gasteiger partial charge < -0.3 is 9.47 Å². The van der Waals surface area contributed by atoms with E-state index in [1.165, 1.54) is 6.08 Å². The summed E-state index contributed by atoms with van der Waals surface area (Å²) < 4.78 is 10.9. The molecule has 0 radical (unpaired) electrons. The van der Waals surface area contributed by atoms with E-state index in [4.69, 9.17) is 9.47 Å². The Morgan fingerprint density at radius 3 is 2.48 bits per heavy atom. The van der Waals surface area contributed by atoms with Crippen molar-refractivity contribution in [1.82, 2.24) is 0 Å². The molecule has 1 heterocycles. The first-order valence-electron chi connectivity index (χ1n) is 9.61. The molecule has 0 saturated heterocycles. The van der Waals surface area contributed by atoms with Crippen LogP contribution in [-0.4, -0.2) is 21.7 Å². The summed E-state index contributed by atoms with van der Waals surface area (Å²) in [5.74, 6) is -0.324. The Kier molecular flexibility index (Phi) is 5.64. The summed E-state index contributed by atoms with van der Waals surface area (Å²) in [5, 5.41) is 22.2. The van der Waals surface area contributed by atoms with Gasteiger partial charge in [0.05, 0.1) is 15.9 Å². The molecule has 0 fully saturated rings. The Bertz CT molecular complexity index is 1360. The molecule has 0 aromatic heterocycles. The maximum Gasteiger partial charge on any atom is 0.363 e. The normalized spacial score (nSPS) is 14.0. The van der Waals surface area contributed by atoms with Crippen molar-refractivity contribution < 1.29 is 24.1 Å². The molecule has 10 heteroatoms. The van der Waals surface area contributed by atoms with Crippen molar-refractivity contribution in [3.63, 3.8) is 0 Å². The number of carbonyl (C=O) groups is 1. The summed E-state index contributed by atoms with van der Waals surface area (Å²) in [6.07, 6.45) is 1.50. The predicted molar refractivity (Wildman–Crippen MR) is 118 cm³/mol. The lowest BCUT2D eigenvalue weighted by Gasteiger charge is -2.07. The minimum atomic E-state index is -0.759. The van der Waals surface area contributed by atoms with Crippen molar-refractivity contribution in [1.29, 1.82) is 0 Å². The number of rotatable bonds is 6. The lowest BCUT2D eigenvalue weighted by atomic mass is 10.1. The van der Waals surface area contributed by atoms with Gasteiger partial charge in [-0.3, -0.25) is 20.2 Å². The molecule has 0 spiro atoms.